The van der Waals surface area contributed by atoms with Crippen molar-refractivity contribution in [3.63, 3.8) is 0 Å². The molecule has 0 saturated carbocycles. The molecule has 90 valence electrons. The summed E-state index contributed by atoms with van der Waals surface area (Å²) in [6, 6.07) is -0.0173. The molecular weight excluding hydrogens is 216 g/mol. The van der Waals surface area contributed by atoms with Gasteiger partial charge in [0.05, 0.1) is 0 Å². The Morgan fingerprint density at radius 1 is 1.67 bits per heavy atom. The first-order valence-electron chi connectivity index (χ1n) is 4.88. The minimum atomic E-state index is -0.441. The second-order valence-corrected chi connectivity index (χ2v) is 3.32. The number of nitrogens with one attached hydrogen (secondary N) is 1. The van der Waals surface area contributed by atoms with Gasteiger partial charge in [-0.05, 0) is 5.92 Å². The van der Waals surface area contributed by atoms with Crippen molar-refractivity contribution in [2.24, 2.45) is 11.7 Å². The summed E-state index contributed by atoms with van der Waals surface area (Å²) in [5.41, 5.74) is 5.81. The molecule has 0 rings (SSSR count). The number of halogens is 1. The lowest BCUT2D eigenvalue weighted by Gasteiger charge is -2.18. The summed E-state index contributed by atoms with van der Waals surface area (Å²) in [7, 11) is 0. The van der Waals surface area contributed by atoms with E-state index < -0.39 is 6.09 Å². The first-order valence-corrected chi connectivity index (χ1v) is 4.88. The molecule has 0 aromatic carbocycles. The maximum Gasteiger partial charge on any atom is 0.407 e. The molecule has 5 heteroatoms. The zero-order chi connectivity index (χ0) is 11.0. The topological polar surface area (TPSA) is 64.3 Å². The third-order valence-electron chi connectivity index (χ3n) is 2.19. The predicted molar refractivity (Wildman–Crippen MR) is 64.2 cm³/mol. The number of amides is 1. The van der Waals surface area contributed by atoms with Crippen LogP contribution < -0.4 is 11.1 Å². The minimum Gasteiger partial charge on any atom is -0.445 e. The average Bonchev–Trinajstić information content (AvgIpc) is 2.21. The molecule has 0 bridgehead atoms. The lowest BCUT2D eigenvalue weighted by atomic mass is 10.0. The van der Waals surface area contributed by atoms with Gasteiger partial charge in [-0.1, -0.05) is 32.9 Å². The Bertz CT molecular complexity index is 188. The smallest absolute Gasteiger partial charge is 0.407 e. The van der Waals surface area contributed by atoms with Crippen LogP contribution in [0, 0.1) is 5.92 Å². The summed E-state index contributed by atoms with van der Waals surface area (Å²) in [6.45, 7) is 8.24. The monoisotopic (exact) mass is 236 g/mol. The van der Waals surface area contributed by atoms with Gasteiger partial charge in [0.1, 0.15) is 6.61 Å². The molecule has 0 spiro atoms. The third kappa shape index (κ3) is 8.27. The Morgan fingerprint density at radius 3 is 2.73 bits per heavy atom. The van der Waals surface area contributed by atoms with Crippen molar-refractivity contribution >= 4 is 18.5 Å². The molecule has 2 unspecified atom stereocenters. The van der Waals surface area contributed by atoms with E-state index in [1.165, 1.54) is 6.08 Å². The number of rotatable bonds is 6. The van der Waals surface area contributed by atoms with Crippen LogP contribution in [0.4, 0.5) is 4.79 Å². The second-order valence-electron chi connectivity index (χ2n) is 3.32. The van der Waals surface area contributed by atoms with Crippen molar-refractivity contribution in [2.45, 2.75) is 26.3 Å². The molecule has 0 aliphatic rings. The van der Waals surface area contributed by atoms with Gasteiger partial charge in [-0.3, -0.25) is 0 Å². The van der Waals surface area contributed by atoms with Gasteiger partial charge >= 0.3 is 6.09 Å². The normalized spacial score (nSPS) is 13.3. The molecule has 4 nitrogen and oxygen atoms in total. The molecule has 15 heavy (non-hydrogen) atoms. The first-order chi connectivity index (χ1) is 6.61. The highest BCUT2D eigenvalue weighted by molar-refractivity contribution is 5.85. The van der Waals surface area contributed by atoms with E-state index in [0.717, 1.165) is 6.42 Å². The number of hydrogen-bond donors (Lipinski definition) is 2. The molecule has 2 atom stereocenters. The maximum atomic E-state index is 11.0. The summed E-state index contributed by atoms with van der Waals surface area (Å²) in [5, 5.41) is 2.60. The van der Waals surface area contributed by atoms with Crippen molar-refractivity contribution in [1.29, 1.82) is 0 Å². The zero-order valence-electron chi connectivity index (χ0n) is 9.36. The van der Waals surface area contributed by atoms with Gasteiger partial charge in [-0.15, -0.1) is 12.4 Å². The molecule has 0 aromatic rings. The van der Waals surface area contributed by atoms with Gasteiger partial charge in [-0.2, -0.15) is 0 Å². The minimum absolute atomic E-state index is 0. The van der Waals surface area contributed by atoms with Gasteiger partial charge in [0.2, 0.25) is 0 Å². The molecule has 0 aromatic heterocycles. The molecule has 0 aliphatic carbocycles. The van der Waals surface area contributed by atoms with Crippen LogP contribution in [0.5, 0.6) is 0 Å². The number of ether oxygens (including phenoxy) is 1. The fourth-order valence-corrected chi connectivity index (χ4v) is 0.891. The van der Waals surface area contributed by atoms with Crippen molar-refractivity contribution in [2.75, 3.05) is 13.2 Å². The van der Waals surface area contributed by atoms with Gasteiger partial charge < -0.3 is 15.8 Å². The van der Waals surface area contributed by atoms with Gasteiger partial charge in [0, 0.05) is 12.6 Å². The SMILES string of the molecule is C=CCOC(=O)NCC(N)C(C)CC.Cl. The Kier molecular flexibility index (Phi) is 10.9. The summed E-state index contributed by atoms with van der Waals surface area (Å²) in [6.07, 6.45) is 2.09. The Balaban J connectivity index is 0. The Labute approximate surface area is 97.7 Å². The largest absolute Gasteiger partial charge is 0.445 e. The average molecular weight is 237 g/mol. The highest BCUT2D eigenvalue weighted by Gasteiger charge is 2.11. The van der Waals surface area contributed by atoms with E-state index in [1.54, 1.807) is 0 Å². The number of nitrogens with two attached hydrogens (primary N) is 1. The van der Waals surface area contributed by atoms with E-state index in [2.05, 4.69) is 25.7 Å². The molecule has 0 saturated heterocycles. The summed E-state index contributed by atoms with van der Waals surface area (Å²) in [5.74, 6) is 0.398. The summed E-state index contributed by atoms with van der Waals surface area (Å²) in [4.78, 5) is 11.0. The van der Waals surface area contributed by atoms with Crippen molar-refractivity contribution in [1.82, 2.24) is 5.32 Å². The standard InChI is InChI=1S/C10H20N2O2.ClH/c1-4-6-14-10(13)12-7-9(11)8(3)5-2;/h4,8-9H,1,5-7,11H2,2-3H3,(H,12,13);1H. The van der Waals surface area contributed by atoms with E-state index in [0.29, 0.717) is 12.5 Å². The quantitative estimate of drug-likeness (QED) is 0.690. The number of carbonyl (C=O) groups excluding carboxylic acids is 1. The van der Waals surface area contributed by atoms with Crippen LogP contribution in [-0.2, 0) is 4.74 Å². The van der Waals surface area contributed by atoms with Gasteiger partial charge in [0.25, 0.3) is 0 Å². The van der Waals surface area contributed by atoms with Crippen LogP contribution >= 0.6 is 12.4 Å². The molecule has 0 heterocycles. The zero-order valence-corrected chi connectivity index (χ0v) is 10.2. The maximum absolute atomic E-state index is 11.0. The Morgan fingerprint density at radius 2 is 2.27 bits per heavy atom. The van der Waals surface area contributed by atoms with Crippen molar-refractivity contribution in [3.05, 3.63) is 12.7 Å². The number of carbonyl (C=O) groups is 1. The van der Waals surface area contributed by atoms with Crippen LogP contribution in [0.1, 0.15) is 20.3 Å². The molecule has 0 fully saturated rings. The highest BCUT2D eigenvalue weighted by Crippen LogP contribution is 2.03. The van der Waals surface area contributed by atoms with Crippen LogP contribution in [0.2, 0.25) is 0 Å². The van der Waals surface area contributed by atoms with Crippen molar-refractivity contribution < 1.29 is 9.53 Å². The summed E-state index contributed by atoms with van der Waals surface area (Å²) < 4.78 is 4.73. The number of alkyl carbamates (subject to hydrolysis) is 1. The highest BCUT2D eigenvalue weighted by atomic mass is 35.5. The van der Waals surface area contributed by atoms with E-state index in [9.17, 15) is 4.79 Å². The fraction of sp³-hybridized carbons (Fsp3) is 0.700. The third-order valence-corrected chi connectivity index (χ3v) is 2.19. The van der Waals surface area contributed by atoms with Gasteiger partial charge in [0.15, 0.2) is 0 Å². The molecular formula is C10H21ClN2O2. The Hall–Kier alpha value is -0.740. The van der Waals surface area contributed by atoms with E-state index in [4.69, 9.17) is 10.5 Å². The second kappa shape index (κ2) is 9.80. The van der Waals surface area contributed by atoms with Crippen LogP contribution in [0.15, 0.2) is 12.7 Å². The molecule has 0 radical (unpaired) electrons. The molecule has 1 amide bonds. The van der Waals surface area contributed by atoms with Crippen LogP contribution in [0.3, 0.4) is 0 Å². The number of hydrogen-bond acceptors (Lipinski definition) is 3. The molecule has 3 N–H and O–H groups in total. The molecule has 0 aliphatic heterocycles. The van der Waals surface area contributed by atoms with Gasteiger partial charge in [-0.25, -0.2) is 4.79 Å². The lowest BCUT2D eigenvalue weighted by Crippen LogP contribution is -2.41. The van der Waals surface area contributed by atoms with Crippen LogP contribution in [-0.4, -0.2) is 25.3 Å². The first kappa shape index (κ1) is 16.7. The predicted octanol–water partition coefficient (Wildman–Crippen LogP) is 1.69. The fourth-order valence-electron chi connectivity index (χ4n) is 0.891. The van der Waals surface area contributed by atoms with E-state index in [-0.39, 0.29) is 25.1 Å². The van der Waals surface area contributed by atoms with Crippen LogP contribution in [0.25, 0.3) is 0 Å². The van der Waals surface area contributed by atoms with E-state index in [1.807, 2.05) is 0 Å². The summed E-state index contributed by atoms with van der Waals surface area (Å²) >= 11 is 0. The lowest BCUT2D eigenvalue weighted by molar-refractivity contribution is 0.157. The van der Waals surface area contributed by atoms with Crippen molar-refractivity contribution in [3.8, 4) is 0 Å². The van der Waals surface area contributed by atoms with E-state index >= 15 is 0 Å².